The lowest BCUT2D eigenvalue weighted by Gasteiger charge is -2.11. The van der Waals surface area contributed by atoms with Gasteiger partial charge in [-0.05, 0) is 18.8 Å². The minimum Gasteiger partial charge on any atom is -0.370 e. The standard InChI is InChI=1S/C9H18OSi/c1-11(2)4-3-7-5-8-9(6-7)10-8/h7-9,11H,3-6H2,1-2H3. The van der Waals surface area contributed by atoms with E-state index in [9.17, 15) is 0 Å². The first-order chi connectivity index (χ1) is 5.25. The van der Waals surface area contributed by atoms with Gasteiger partial charge < -0.3 is 4.74 Å². The Bertz CT molecular complexity index is 136. The maximum atomic E-state index is 5.40. The zero-order valence-electron chi connectivity index (χ0n) is 7.55. The number of rotatable bonds is 3. The zero-order chi connectivity index (χ0) is 7.84. The fourth-order valence-corrected chi connectivity index (χ4v) is 3.29. The van der Waals surface area contributed by atoms with E-state index in [0.29, 0.717) is 12.2 Å². The van der Waals surface area contributed by atoms with Crippen molar-refractivity contribution in [3.8, 4) is 0 Å². The first-order valence-electron chi connectivity index (χ1n) is 4.91. The monoisotopic (exact) mass is 170 g/mol. The molecule has 1 saturated carbocycles. The first-order valence-corrected chi connectivity index (χ1v) is 8.03. The fourth-order valence-electron chi connectivity index (χ4n) is 2.15. The molecule has 0 N–H and O–H groups in total. The first kappa shape index (κ1) is 7.81. The van der Waals surface area contributed by atoms with Gasteiger partial charge in [0.2, 0.25) is 0 Å². The maximum Gasteiger partial charge on any atom is 0.0844 e. The maximum absolute atomic E-state index is 5.40. The van der Waals surface area contributed by atoms with Gasteiger partial charge in [-0.25, -0.2) is 0 Å². The molecule has 2 rings (SSSR count). The molecule has 2 aliphatic rings. The van der Waals surface area contributed by atoms with Gasteiger partial charge in [0.1, 0.15) is 0 Å². The topological polar surface area (TPSA) is 12.5 Å². The second-order valence-corrected chi connectivity index (χ2v) is 7.89. The van der Waals surface area contributed by atoms with Gasteiger partial charge in [-0.15, -0.1) is 0 Å². The van der Waals surface area contributed by atoms with E-state index >= 15 is 0 Å². The number of hydrogen-bond donors (Lipinski definition) is 0. The molecule has 0 aromatic carbocycles. The van der Waals surface area contributed by atoms with Gasteiger partial charge in [0.05, 0.1) is 12.2 Å². The summed E-state index contributed by atoms with van der Waals surface area (Å²) in [6, 6.07) is 1.55. The van der Waals surface area contributed by atoms with Crippen LogP contribution in [0.15, 0.2) is 0 Å². The SMILES string of the molecule is C[SiH](C)CCC1CC2OC2C1. The molecule has 2 unspecified atom stereocenters. The lowest BCUT2D eigenvalue weighted by Crippen LogP contribution is -2.05. The normalized spacial score (nSPS) is 41.2. The highest BCUT2D eigenvalue weighted by Crippen LogP contribution is 2.43. The summed E-state index contributed by atoms with van der Waals surface area (Å²) in [5, 5.41) is 0. The molecule has 1 nitrogen and oxygen atoms in total. The largest absolute Gasteiger partial charge is 0.370 e. The lowest BCUT2D eigenvalue weighted by molar-refractivity contribution is 0.269. The summed E-state index contributed by atoms with van der Waals surface area (Å²) < 4.78 is 5.40. The summed E-state index contributed by atoms with van der Waals surface area (Å²) in [5.41, 5.74) is 0. The third-order valence-electron chi connectivity index (χ3n) is 2.97. The van der Waals surface area contributed by atoms with Crippen LogP contribution in [-0.4, -0.2) is 21.0 Å². The van der Waals surface area contributed by atoms with Crippen molar-refractivity contribution in [3.63, 3.8) is 0 Å². The van der Waals surface area contributed by atoms with Gasteiger partial charge in [0, 0.05) is 8.80 Å². The second kappa shape index (κ2) is 2.90. The van der Waals surface area contributed by atoms with Crippen molar-refractivity contribution in [1.82, 2.24) is 0 Å². The Morgan fingerprint density at radius 1 is 1.27 bits per heavy atom. The Hall–Kier alpha value is 0.177. The van der Waals surface area contributed by atoms with Crippen molar-refractivity contribution >= 4 is 8.80 Å². The Kier molecular flexibility index (Phi) is 2.06. The third-order valence-corrected chi connectivity index (χ3v) is 4.46. The molecule has 0 aromatic rings. The van der Waals surface area contributed by atoms with Crippen LogP contribution in [-0.2, 0) is 4.74 Å². The fraction of sp³-hybridized carbons (Fsp3) is 1.00. The molecule has 1 aliphatic heterocycles. The summed E-state index contributed by atoms with van der Waals surface area (Å²) in [7, 11) is -0.273. The van der Waals surface area contributed by atoms with Crippen LogP contribution in [0.3, 0.4) is 0 Å². The van der Waals surface area contributed by atoms with E-state index in [4.69, 9.17) is 4.74 Å². The van der Waals surface area contributed by atoms with E-state index < -0.39 is 0 Å². The average molecular weight is 170 g/mol. The molecule has 11 heavy (non-hydrogen) atoms. The van der Waals surface area contributed by atoms with E-state index in [1.165, 1.54) is 19.3 Å². The van der Waals surface area contributed by atoms with E-state index in [-0.39, 0.29) is 8.80 Å². The quantitative estimate of drug-likeness (QED) is 0.466. The highest BCUT2D eigenvalue weighted by atomic mass is 28.3. The van der Waals surface area contributed by atoms with Crippen LogP contribution in [0.5, 0.6) is 0 Å². The third kappa shape index (κ3) is 1.85. The summed E-state index contributed by atoms with van der Waals surface area (Å²) in [4.78, 5) is 0. The van der Waals surface area contributed by atoms with E-state index in [2.05, 4.69) is 13.1 Å². The second-order valence-electron chi connectivity index (χ2n) is 4.52. The molecule has 0 aromatic heterocycles. The van der Waals surface area contributed by atoms with Gasteiger partial charge in [0.25, 0.3) is 0 Å². The van der Waals surface area contributed by atoms with Crippen molar-refractivity contribution in [1.29, 1.82) is 0 Å². The molecule has 0 radical (unpaired) electrons. The summed E-state index contributed by atoms with van der Waals surface area (Å²) in [6.45, 7) is 4.90. The molecule has 1 saturated heterocycles. The highest BCUT2D eigenvalue weighted by molar-refractivity contribution is 6.55. The predicted octanol–water partition coefficient (Wildman–Crippen LogP) is 2.04. The van der Waals surface area contributed by atoms with Crippen molar-refractivity contribution in [3.05, 3.63) is 0 Å². The van der Waals surface area contributed by atoms with E-state index in [0.717, 1.165) is 5.92 Å². The number of ether oxygens (including phenoxy) is 1. The van der Waals surface area contributed by atoms with Gasteiger partial charge >= 0.3 is 0 Å². The van der Waals surface area contributed by atoms with Crippen molar-refractivity contribution in [2.45, 2.75) is 50.6 Å². The average Bonchev–Trinajstić information content (AvgIpc) is 2.56. The van der Waals surface area contributed by atoms with Crippen molar-refractivity contribution in [2.75, 3.05) is 0 Å². The van der Waals surface area contributed by atoms with Crippen LogP contribution in [0.25, 0.3) is 0 Å². The Labute approximate surface area is 70.7 Å². The molecule has 0 bridgehead atoms. The van der Waals surface area contributed by atoms with Crippen molar-refractivity contribution in [2.24, 2.45) is 5.92 Å². The molecular formula is C9H18OSi. The zero-order valence-corrected chi connectivity index (χ0v) is 8.70. The molecule has 1 heterocycles. The molecule has 2 fully saturated rings. The molecule has 2 atom stereocenters. The minimum absolute atomic E-state index is 0.273. The molecule has 64 valence electrons. The Balaban J connectivity index is 1.64. The minimum atomic E-state index is -0.273. The Morgan fingerprint density at radius 3 is 2.45 bits per heavy atom. The van der Waals surface area contributed by atoms with E-state index in [1.54, 1.807) is 6.04 Å². The van der Waals surface area contributed by atoms with Crippen LogP contribution < -0.4 is 0 Å². The smallest absolute Gasteiger partial charge is 0.0844 e. The predicted molar refractivity (Wildman–Crippen MR) is 49.7 cm³/mol. The van der Waals surface area contributed by atoms with Crippen LogP contribution in [0.4, 0.5) is 0 Å². The van der Waals surface area contributed by atoms with Gasteiger partial charge in [-0.1, -0.05) is 25.6 Å². The number of hydrogen-bond acceptors (Lipinski definition) is 1. The molecule has 1 aliphatic carbocycles. The van der Waals surface area contributed by atoms with Gasteiger partial charge in [-0.2, -0.15) is 0 Å². The van der Waals surface area contributed by atoms with Crippen LogP contribution in [0.1, 0.15) is 19.3 Å². The summed E-state index contributed by atoms with van der Waals surface area (Å²) >= 11 is 0. The summed E-state index contributed by atoms with van der Waals surface area (Å²) in [5.74, 6) is 1.04. The summed E-state index contributed by atoms with van der Waals surface area (Å²) in [6.07, 6.45) is 5.67. The number of fused-ring (bicyclic) bond motifs is 1. The lowest BCUT2D eigenvalue weighted by atomic mass is 10.1. The molecule has 0 spiro atoms. The molecular weight excluding hydrogens is 152 g/mol. The van der Waals surface area contributed by atoms with Crippen LogP contribution in [0, 0.1) is 5.92 Å². The van der Waals surface area contributed by atoms with Gasteiger partial charge in [-0.3, -0.25) is 0 Å². The van der Waals surface area contributed by atoms with Crippen LogP contribution >= 0.6 is 0 Å². The molecule has 0 amide bonds. The van der Waals surface area contributed by atoms with E-state index in [1.807, 2.05) is 0 Å². The van der Waals surface area contributed by atoms with Crippen LogP contribution in [0.2, 0.25) is 19.1 Å². The highest BCUT2D eigenvalue weighted by Gasteiger charge is 2.47. The van der Waals surface area contributed by atoms with Gasteiger partial charge in [0.15, 0.2) is 0 Å². The van der Waals surface area contributed by atoms with Crippen molar-refractivity contribution < 1.29 is 4.74 Å². The Morgan fingerprint density at radius 2 is 1.91 bits per heavy atom. The number of epoxide rings is 1. The molecule has 2 heteroatoms.